The molecule has 0 bridgehead atoms. The van der Waals surface area contributed by atoms with Crippen molar-refractivity contribution < 1.29 is 4.74 Å². The van der Waals surface area contributed by atoms with Crippen molar-refractivity contribution in [3.05, 3.63) is 58.1 Å². The van der Waals surface area contributed by atoms with Crippen molar-refractivity contribution >= 4 is 0 Å². The van der Waals surface area contributed by atoms with Gasteiger partial charge in [-0.3, -0.25) is 0 Å². The predicted molar refractivity (Wildman–Crippen MR) is 121 cm³/mol. The van der Waals surface area contributed by atoms with Gasteiger partial charge in [0.15, 0.2) is 0 Å². The Balaban J connectivity index is 2.28. The molecule has 0 spiro atoms. The standard InChI is InChI=1S/C27H38O/c1-10-18-12-22(23-11-17(2)25(28-9)24(23)13-18)19-14-20(26(3,4)5)16-21(15-19)27(6,7)8/h12-17,25H,10-11H2,1-9H3. The fourth-order valence-corrected chi connectivity index (χ4v) is 4.44. The zero-order valence-electron chi connectivity index (χ0n) is 19.4. The van der Waals surface area contributed by atoms with Crippen LogP contribution >= 0.6 is 0 Å². The second-order valence-electron chi connectivity index (χ2n) is 10.7. The second kappa shape index (κ2) is 7.34. The Morgan fingerprint density at radius 1 is 0.893 bits per heavy atom. The van der Waals surface area contributed by atoms with E-state index in [9.17, 15) is 0 Å². The van der Waals surface area contributed by atoms with Crippen LogP contribution in [-0.2, 0) is 28.4 Å². The van der Waals surface area contributed by atoms with E-state index in [1.807, 2.05) is 7.11 Å². The molecule has 1 nitrogen and oxygen atoms in total. The lowest BCUT2D eigenvalue weighted by molar-refractivity contribution is 0.0695. The van der Waals surface area contributed by atoms with Crippen molar-refractivity contribution in [2.75, 3.05) is 7.11 Å². The first-order valence-electron chi connectivity index (χ1n) is 10.8. The van der Waals surface area contributed by atoms with Crippen molar-refractivity contribution in [3.8, 4) is 11.1 Å². The van der Waals surface area contributed by atoms with E-state index in [0.717, 1.165) is 12.8 Å². The highest BCUT2D eigenvalue weighted by Gasteiger charge is 2.32. The average Bonchev–Trinajstić information content (AvgIpc) is 2.93. The van der Waals surface area contributed by atoms with Crippen molar-refractivity contribution in [1.82, 2.24) is 0 Å². The van der Waals surface area contributed by atoms with Crippen LogP contribution in [-0.4, -0.2) is 7.11 Å². The van der Waals surface area contributed by atoms with Gasteiger partial charge in [0, 0.05) is 7.11 Å². The molecular formula is C27H38O. The Morgan fingerprint density at radius 2 is 1.46 bits per heavy atom. The minimum Gasteiger partial charge on any atom is -0.376 e. The molecule has 0 aromatic heterocycles. The van der Waals surface area contributed by atoms with E-state index in [4.69, 9.17) is 4.74 Å². The number of fused-ring (bicyclic) bond motifs is 1. The van der Waals surface area contributed by atoms with E-state index >= 15 is 0 Å². The average molecular weight is 379 g/mol. The summed E-state index contributed by atoms with van der Waals surface area (Å²) in [4.78, 5) is 0. The molecule has 1 aliphatic carbocycles. The minimum atomic E-state index is 0.129. The number of ether oxygens (including phenoxy) is 1. The van der Waals surface area contributed by atoms with Crippen LogP contribution < -0.4 is 0 Å². The minimum absolute atomic E-state index is 0.129. The van der Waals surface area contributed by atoms with Crippen molar-refractivity contribution in [1.29, 1.82) is 0 Å². The van der Waals surface area contributed by atoms with E-state index in [2.05, 4.69) is 85.7 Å². The molecule has 2 unspecified atom stereocenters. The van der Waals surface area contributed by atoms with Gasteiger partial charge < -0.3 is 4.74 Å². The summed E-state index contributed by atoms with van der Waals surface area (Å²) in [6.07, 6.45) is 2.36. The third-order valence-corrected chi connectivity index (χ3v) is 6.33. The highest BCUT2D eigenvalue weighted by molar-refractivity contribution is 5.73. The molecule has 0 heterocycles. The van der Waals surface area contributed by atoms with E-state index in [0.29, 0.717) is 5.92 Å². The van der Waals surface area contributed by atoms with Gasteiger partial charge in [0.25, 0.3) is 0 Å². The Labute approximate surface area is 172 Å². The molecule has 1 heteroatoms. The first-order chi connectivity index (χ1) is 13.0. The summed E-state index contributed by atoms with van der Waals surface area (Å²) < 4.78 is 5.90. The lowest BCUT2D eigenvalue weighted by Gasteiger charge is -2.27. The van der Waals surface area contributed by atoms with Crippen molar-refractivity contribution in [3.63, 3.8) is 0 Å². The topological polar surface area (TPSA) is 9.23 Å². The van der Waals surface area contributed by atoms with E-state index in [-0.39, 0.29) is 16.9 Å². The van der Waals surface area contributed by atoms with Crippen LogP contribution in [0.1, 0.15) is 89.3 Å². The number of hydrogen-bond donors (Lipinski definition) is 0. The monoisotopic (exact) mass is 378 g/mol. The van der Waals surface area contributed by atoms with Gasteiger partial charge in [-0.1, -0.05) is 85.7 Å². The number of aryl methyl sites for hydroxylation is 1. The summed E-state index contributed by atoms with van der Waals surface area (Å²) in [5.41, 5.74) is 10.2. The van der Waals surface area contributed by atoms with Crippen LogP contribution in [0.2, 0.25) is 0 Å². The lowest BCUT2D eigenvalue weighted by Crippen LogP contribution is -2.16. The molecule has 0 amide bonds. The molecule has 0 radical (unpaired) electrons. The fraction of sp³-hybridized carbons (Fsp3) is 0.556. The molecule has 152 valence electrons. The summed E-state index contributed by atoms with van der Waals surface area (Å²) in [6, 6.07) is 12.1. The zero-order chi connectivity index (χ0) is 20.9. The first-order valence-corrected chi connectivity index (χ1v) is 10.8. The van der Waals surface area contributed by atoms with Gasteiger partial charge >= 0.3 is 0 Å². The van der Waals surface area contributed by atoms with Crippen LogP contribution in [0.15, 0.2) is 30.3 Å². The molecule has 2 aromatic carbocycles. The van der Waals surface area contributed by atoms with Crippen LogP contribution in [0.5, 0.6) is 0 Å². The largest absolute Gasteiger partial charge is 0.376 e. The number of methoxy groups -OCH3 is 1. The van der Waals surface area contributed by atoms with Gasteiger partial charge in [0.1, 0.15) is 0 Å². The molecule has 3 rings (SSSR count). The Hall–Kier alpha value is -1.60. The maximum Gasteiger partial charge on any atom is 0.0852 e. The first kappa shape index (κ1) is 21.1. The normalized spacial score (nSPS) is 19.8. The molecule has 0 saturated heterocycles. The summed E-state index contributed by atoms with van der Waals surface area (Å²) >= 11 is 0. The van der Waals surface area contributed by atoms with Crippen LogP contribution in [0.25, 0.3) is 11.1 Å². The van der Waals surface area contributed by atoms with Crippen LogP contribution in [0.3, 0.4) is 0 Å². The Kier molecular flexibility index (Phi) is 5.53. The molecule has 1 aliphatic rings. The van der Waals surface area contributed by atoms with E-state index in [1.54, 1.807) is 0 Å². The van der Waals surface area contributed by atoms with Gasteiger partial charge in [0.2, 0.25) is 0 Å². The number of benzene rings is 2. The highest BCUT2D eigenvalue weighted by Crippen LogP contribution is 2.44. The van der Waals surface area contributed by atoms with Crippen molar-refractivity contribution in [2.24, 2.45) is 5.92 Å². The van der Waals surface area contributed by atoms with Gasteiger partial charge in [-0.05, 0) is 68.5 Å². The van der Waals surface area contributed by atoms with Gasteiger partial charge in [-0.2, -0.15) is 0 Å². The SMILES string of the molecule is CCc1cc(-c2cc(C(C)(C)C)cc(C(C)(C)C)c2)c2c(c1)C(OC)C(C)C2. The predicted octanol–water partition coefficient (Wildman–Crippen LogP) is 7.39. The smallest absolute Gasteiger partial charge is 0.0852 e. The third-order valence-electron chi connectivity index (χ3n) is 6.33. The molecule has 0 fully saturated rings. The van der Waals surface area contributed by atoms with Gasteiger partial charge in [0.05, 0.1) is 6.10 Å². The summed E-state index contributed by atoms with van der Waals surface area (Å²) in [5, 5.41) is 0. The molecular weight excluding hydrogens is 340 g/mol. The molecule has 2 atom stereocenters. The fourth-order valence-electron chi connectivity index (χ4n) is 4.44. The Morgan fingerprint density at radius 3 is 1.93 bits per heavy atom. The van der Waals surface area contributed by atoms with Gasteiger partial charge in [-0.25, -0.2) is 0 Å². The van der Waals surface area contributed by atoms with Crippen LogP contribution in [0, 0.1) is 5.92 Å². The summed E-state index contributed by atoms with van der Waals surface area (Å²) in [6.45, 7) is 18.4. The summed E-state index contributed by atoms with van der Waals surface area (Å²) in [5.74, 6) is 0.527. The second-order valence-corrected chi connectivity index (χ2v) is 10.7. The maximum atomic E-state index is 5.90. The Bertz CT molecular complexity index is 829. The summed E-state index contributed by atoms with van der Waals surface area (Å²) in [7, 11) is 1.85. The molecule has 0 N–H and O–H groups in total. The molecule has 28 heavy (non-hydrogen) atoms. The van der Waals surface area contributed by atoms with E-state index < -0.39 is 0 Å². The van der Waals surface area contributed by atoms with Crippen molar-refractivity contribution in [2.45, 2.75) is 85.2 Å². The quantitative estimate of drug-likeness (QED) is 0.541. The zero-order valence-corrected chi connectivity index (χ0v) is 19.4. The third kappa shape index (κ3) is 3.92. The van der Waals surface area contributed by atoms with Gasteiger partial charge in [-0.15, -0.1) is 0 Å². The molecule has 0 saturated carbocycles. The van der Waals surface area contributed by atoms with Crippen LogP contribution in [0.4, 0.5) is 0 Å². The number of hydrogen-bond acceptors (Lipinski definition) is 1. The molecule has 0 aliphatic heterocycles. The van der Waals surface area contributed by atoms with E-state index in [1.165, 1.54) is 38.9 Å². The highest BCUT2D eigenvalue weighted by atomic mass is 16.5. The number of rotatable bonds is 3. The molecule has 2 aromatic rings. The maximum absolute atomic E-state index is 5.90. The lowest BCUT2D eigenvalue weighted by atomic mass is 9.78.